The number of hydrogen-bond donors (Lipinski definition) is 2. The van der Waals surface area contributed by atoms with E-state index < -0.39 is 0 Å². The SMILES string of the molecule is COc1cc(CN[C@H]2COc3ccccc3C2)cc(OC)c1O. The monoisotopic (exact) mass is 315 g/mol. The standard InChI is InChI=1S/C18H21NO4/c1-21-16-7-12(8-17(22-2)18(16)20)10-19-14-9-13-5-3-4-6-15(13)23-11-14/h3-8,14,19-20H,9-11H2,1-2H3/t14-/m1/s1. The summed E-state index contributed by atoms with van der Waals surface area (Å²) in [6.07, 6.45) is 0.933. The quantitative estimate of drug-likeness (QED) is 0.888. The van der Waals surface area contributed by atoms with Gasteiger partial charge in [-0.15, -0.1) is 0 Å². The highest BCUT2D eigenvalue weighted by atomic mass is 16.5. The number of phenolic OH excluding ortho intramolecular Hbond substituents is 1. The molecule has 23 heavy (non-hydrogen) atoms. The topological polar surface area (TPSA) is 60.0 Å². The smallest absolute Gasteiger partial charge is 0.200 e. The van der Waals surface area contributed by atoms with Gasteiger partial charge in [-0.05, 0) is 35.7 Å². The molecule has 3 rings (SSSR count). The van der Waals surface area contributed by atoms with E-state index in [1.807, 2.05) is 30.3 Å². The second-order valence-electron chi connectivity index (χ2n) is 5.55. The number of ether oxygens (including phenoxy) is 3. The van der Waals surface area contributed by atoms with E-state index in [0.717, 1.165) is 17.7 Å². The Morgan fingerprint density at radius 3 is 2.57 bits per heavy atom. The average molecular weight is 315 g/mol. The molecule has 122 valence electrons. The second kappa shape index (κ2) is 6.79. The first-order valence-corrected chi connectivity index (χ1v) is 7.59. The molecule has 0 fully saturated rings. The molecule has 2 aromatic rings. The molecule has 0 unspecified atom stereocenters. The first-order chi connectivity index (χ1) is 11.2. The zero-order valence-electron chi connectivity index (χ0n) is 13.3. The van der Waals surface area contributed by atoms with E-state index >= 15 is 0 Å². The summed E-state index contributed by atoms with van der Waals surface area (Å²) in [6, 6.07) is 12.0. The van der Waals surface area contributed by atoms with Crippen molar-refractivity contribution in [3.8, 4) is 23.0 Å². The molecule has 0 radical (unpaired) electrons. The van der Waals surface area contributed by atoms with Gasteiger partial charge in [-0.1, -0.05) is 18.2 Å². The lowest BCUT2D eigenvalue weighted by atomic mass is 10.0. The molecule has 2 N–H and O–H groups in total. The number of phenols is 1. The Balaban J connectivity index is 1.67. The minimum Gasteiger partial charge on any atom is -0.502 e. The molecule has 1 atom stereocenters. The predicted octanol–water partition coefficient (Wildman–Crippen LogP) is 2.50. The van der Waals surface area contributed by atoms with Gasteiger partial charge in [-0.3, -0.25) is 0 Å². The maximum absolute atomic E-state index is 9.95. The fraction of sp³-hybridized carbons (Fsp3) is 0.333. The maximum Gasteiger partial charge on any atom is 0.200 e. The number of hydrogen-bond acceptors (Lipinski definition) is 5. The Kier molecular flexibility index (Phi) is 4.57. The number of para-hydroxylation sites is 1. The zero-order valence-corrected chi connectivity index (χ0v) is 13.3. The number of rotatable bonds is 5. The highest BCUT2D eigenvalue weighted by Crippen LogP contribution is 2.37. The molecular weight excluding hydrogens is 294 g/mol. The van der Waals surface area contributed by atoms with Crippen LogP contribution in [0, 0.1) is 0 Å². The van der Waals surface area contributed by atoms with E-state index in [-0.39, 0.29) is 11.8 Å². The number of nitrogens with one attached hydrogen (secondary N) is 1. The molecule has 0 spiro atoms. The summed E-state index contributed by atoms with van der Waals surface area (Å²) in [4.78, 5) is 0. The van der Waals surface area contributed by atoms with E-state index in [0.29, 0.717) is 24.7 Å². The third-order valence-electron chi connectivity index (χ3n) is 4.01. The van der Waals surface area contributed by atoms with Crippen LogP contribution in [0.25, 0.3) is 0 Å². The molecule has 0 aromatic heterocycles. The molecule has 1 aliphatic rings. The highest BCUT2D eigenvalue weighted by molar-refractivity contribution is 5.52. The summed E-state index contributed by atoms with van der Waals surface area (Å²) in [5.74, 6) is 1.81. The van der Waals surface area contributed by atoms with E-state index in [9.17, 15) is 5.11 Å². The Hall–Kier alpha value is -2.40. The molecule has 2 aromatic carbocycles. The summed E-state index contributed by atoms with van der Waals surface area (Å²) >= 11 is 0. The van der Waals surface area contributed by atoms with E-state index in [2.05, 4.69) is 11.4 Å². The fourth-order valence-corrected chi connectivity index (χ4v) is 2.77. The van der Waals surface area contributed by atoms with Crippen LogP contribution in [-0.4, -0.2) is 32.0 Å². The zero-order chi connectivity index (χ0) is 16.2. The van der Waals surface area contributed by atoms with Gasteiger partial charge in [0.1, 0.15) is 12.4 Å². The summed E-state index contributed by atoms with van der Waals surface area (Å²) in [5.41, 5.74) is 2.20. The average Bonchev–Trinajstić information content (AvgIpc) is 2.60. The van der Waals surface area contributed by atoms with Crippen LogP contribution >= 0.6 is 0 Å². The van der Waals surface area contributed by atoms with Crippen molar-refractivity contribution in [2.75, 3.05) is 20.8 Å². The number of aromatic hydroxyl groups is 1. The van der Waals surface area contributed by atoms with Crippen LogP contribution in [0.5, 0.6) is 23.0 Å². The van der Waals surface area contributed by atoms with Crippen molar-refractivity contribution in [1.29, 1.82) is 0 Å². The van der Waals surface area contributed by atoms with Crippen LogP contribution in [0.3, 0.4) is 0 Å². The lowest BCUT2D eigenvalue weighted by Crippen LogP contribution is -2.38. The van der Waals surface area contributed by atoms with Gasteiger partial charge in [0, 0.05) is 12.6 Å². The summed E-state index contributed by atoms with van der Waals surface area (Å²) in [7, 11) is 3.05. The second-order valence-corrected chi connectivity index (χ2v) is 5.55. The van der Waals surface area contributed by atoms with Crippen LogP contribution in [-0.2, 0) is 13.0 Å². The van der Waals surface area contributed by atoms with Gasteiger partial charge in [0.15, 0.2) is 11.5 Å². The van der Waals surface area contributed by atoms with E-state index in [4.69, 9.17) is 14.2 Å². The number of methoxy groups -OCH3 is 2. The van der Waals surface area contributed by atoms with Crippen molar-refractivity contribution in [2.24, 2.45) is 0 Å². The maximum atomic E-state index is 9.95. The van der Waals surface area contributed by atoms with Gasteiger partial charge in [0.2, 0.25) is 5.75 Å². The van der Waals surface area contributed by atoms with Crippen molar-refractivity contribution in [3.05, 3.63) is 47.5 Å². The highest BCUT2D eigenvalue weighted by Gasteiger charge is 2.19. The van der Waals surface area contributed by atoms with Crippen molar-refractivity contribution >= 4 is 0 Å². The van der Waals surface area contributed by atoms with Crippen molar-refractivity contribution in [1.82, 2.24) is 5.32 Å². The molecule has 0 aliphatic carbocycles. The van der Waals surface area contributed by atoms with Crippen molar-refractivity contribution in [3.63, 3.8) is 0 Å². The summed E-state index contributed by atoms with van der Waals surface area (Å²) in [6.45, 7) is 1.28. The Bertz CT molecular complexity index is 661. The first kappa shape index (κ1) is 15.5. The molecule has 1 aliphatic heterocycles. The Morgan fingerprint density at radius 2 is 1.87 bits per heavy atom. The number of fused-ring (bicyclic) bond motifs is 1. The van der Waals surface area contributed by atoms with Gasteiger partial charge in [-0.2, -0.15) is 0 Å². The Labute approximate surface area is 135 Å². The molecule has 5 nitrogen and oxygen atoms in total. The van der Waals surface area contributed by atoms with Gasteiger partial charge < -0.3 is 24.6 Å². The lowest BCUT2D eigenvalue weighted by Gasteiger charge is -2.26. The van der Waals surface area contributed by atoms with E-state index in [1.54, 1.807) is 0 Å². The molecule has 0 amide bonds. The van der Waals surface area contributed by atoms with Gasteiger partial charge >= 0.3 is 0 Å². The van der Waals surface area contributed by atoms with Crippen LogP contribution in [0.1, 0.15) is 11.1 Å². The van der Waals surface area contributed by atoms with Crippen molar-refractivity contribution in [2.45, 2.75) is 19.0 Å². The molecular formula is C18H21NO4. The summed E-state index contributed by atoms with van der Waals surface area (Å²) in [5, 5.41) is 13.4. The third kappa shape index (κ3) is 3.35. The van der Waals surface area contributed by atoms with Crippen LogP contribution in [0.2, 0.25) is 0 Å². The summed E-state index contributed by atoms with van der Waals surface area (Å²) < 4.78 is 16.1. The van der Waals surface area contributed by atoms with Gasteiger partial charge in [-0.25, -0.2) is 0 Å². The van der Waals surface area contributed by atoms with Crippen LogP contribution in [0.15, 0.2) is 36.4 Å². The normalized spacial score (nSPS) is 16.3. The minimum atomic E-state index is 0.0219. The van der Waals surface area contributed by atoms with Crippen LogP contribution < -0.4 is 19.5 Å². The third-order valence-corrected chi connectivity index (χ3v) is 4.01. The molecule has 0 bridgehead atoms. The molecule has 5 heteroatoms. The minimum absolute atomic E-state index is 0.0219. The lowest BCUT2D eigenvalue weighted by molar-refractivity contribution is 0.238. The first-order valence-electron chi connectivity index (χ1n) is 7.59. The van der Waals surface area contributed by atoms with E-state index in [1.165, 1.54) is 19.8 Å². The molecule has 0 saturated carbocycles. The van der Waals surface area contributed by atoms with Crippen molar-refractivity contribution < 1.29 is 19.3 Å². The molecule has 1 heterocycles. The predicted molar refractivity (Wildman–Crippen MR) is 87.5 cm³/mol. The Morgan fingerprint density at radius 1 is 1.17 bits per heavy atom. The van der Waals surface area contributed by atoms with Crippen LogP contribution in [0.4, 0.5) is 0 Å². The molecule has 0 saturated heterocycles. The van der Waals surface area contributed by atoms with Gasteiger partial charge in [0.05, 0.1) is 14.2 Å². The fourth-order valence-electron chi connectivity index (χ4n) is 2.77. The largest absolute Gasteiger partial charge is 0.502 e. The van der Waals surface area contributed by atoms with Gasteiger partial charge in [0.25, 0.3) is 0 Å². The number of benzene rings is 2.